The lowest BCUT2D eigenvalue weighted by Crippen LogP contribution is -2.36. The van der Waals surface area contributed by atoms with E-state index in [9.17, 15) is 13.2 Å². The second-order valence-corrected chi connectivity index (χ2v) is 5.96. The Labute approximate surface area is 122 Å². The predicted molar refractivity (Wildman–Crippen MR) is 75.7 cm³/mol. The van der Waals surface area contributed by atoms with E-state index in [4.69, 9.17) is 20.3 Å². The fourth-order valence-electron chi connectivity index (χ4n) is 1.63. The van der Waals surface area contributed by atoms with E-state index in [0.29, 0.717) is 0 Å². The summed E-state index contributed by atoms with van der Waals surface area (Å²) in [4.78, 5) is 10.8. The van der Waals surface area contributed by atoms with Crippen molar-refractivity contribution in [2.75, 3.05) is 33.1 Å². The van der Waals surface area contributed by atoms with Crippen molar-refractivity contribution in [3.8, 4) is 0 Å². The summed E-state index contributed by atoms with van der Waals surface area (Å²) >= 11 is 0. The summed E-state index contributed by atoms with van der Waals surface area (Å²) in [6.45, 7) is 0.155. The average Bonchev–Trinajstić information content (AvgIpc) is 2.43. The summed E-state index contributed by atoms with van der Waals surface area (Å²) in [5, 5.41) is 9.07. The Kier molecular flexibility index (Phi) is 6.09. The molecule has 8 nitrogen and oxygen atoms in total. The van der Waals surface area contributed by atoms with Crippen LogP contribution in [0, 0.1) is 0 Å². The van der Waals surface area contributed by atoms with Gasteiger partial charge in [0.2, 0.25) is 10.0 Å². The van der Waals surface area contributed by atoms with Gasteiger partial charge in [-0.1, -0.05) is 0 Å². The van der Waals surface area contributed by atoms with E-state index in [0.717, 1.165) is 12.1 Å². The third-order valence-corrected chi connectivity index (χ3v) is 4.19. The molecule has 0 heterocycles. The lowest BCUT2D eigenvalue weighted by molar-refractivity contribution is 0.0320. The van der Waals surface area contributed by atoms with Crippen molar-refractivity contribution in [3.63, 3.8) is 0 Å². The van der Waals surface area contributed by atoms with Gasteiger partial charge in [0.05, 0.1) is 23.2 Å². The van der Waals surface area contributed by atoms with Crippen LogP contribution in [0.5, 0.6) is 0 Å². The number of hydrogen-bond donors (Lipinski definition) is 3. The Morgan fingerprint density at radius 2 is 2.10 bits per heavy atom. The van der Waals surface area contributed by atoms with Gasteiger partial charge < -0.3 is 20.3 Å². The van der Waals surface area contributed by atoms with Crippen molar-refractivity contribution in [1.29, 1.82) is 0 Å². The molecular formula is C12H18N2O6S. The maximum absolute atomic E-state index is 12.2. The van der Waals surface area contributed by atoms with Crippen molar-refractivity contribution in [2.45, 2.75) is 11.0 Å². The van der Waals surface area contributed by atoms with Gasteiger partial charge in [-0.05, 0) is 18.2 Å². The maximum Gasteiger partial charge on any atom is 0.337 e. The zero-order valence-electron chi connectivity index (χ0n) is 11.7. The molecule has 0 spiro atoms. The molecule has 1 unspecified atom stereocenters. The number of aromatic carboxylic acids is 1. The molecule has 0 aliphatic heterocycles. The van der Waals surface area contributed by atoms with Crippen LogP contribution >= 0.6 is 0 Å². The molecule has 0 fully saturated rings. The number of anilines is 1. The molecule has 1 atom stereocenters. The van der Waals surface area contributed by atoms with Gasteiger partial charge in [-0.25, -0.2) is 17.9 Å². The van der Waals surface area contributed by atoms with Gasteiger partial charge in [-0.2, -0.15) is 0 Å². The summed E-state index contributed by atoms with van der Waals surface area (Å²) in [6.07, 6.45) is -0.480. The maximum atomic E-state index is 12.2. The number of nitrogen functional groups attached to an aromatic ring is 1. The minimum Gasteiger partial charge on any atom is -0.478 e. The highest BCUT2D eigenvalue weighted by Crippen LogP contribution is 2.19. The summed E-state index contributed by atoms with van der Waals surface area (Å²) in [5.74, 6) is -1.37. The van der Waals surface area contributed by atoms with E-state index < -0.39 is 22.1 Å². The number of nitrogens with one attached hydrogen (secondary N) is 1. The Hall–Kier alpha value is -1.68. The van der Waals surface area contributed by atoms with Crippen LogP contribution in [0.1, 0.15) is 10.4 Å². The lowest BCUT2D eigenvalue weighted by atomic mass is 10.2. The molecule has 0 saturated carbocycles. The number of sulfonamides is 1. The first kappa shape index (κ1) is 17.4. The SMILES string of the molecule is COCC(CNS(=O)(=O)c1ccc(N)cc1C(=O)O)OC. The van der Waals surface area contributed by atoms with Crippen molar-refractivity contribution in [3.05, 3.63) is 23.8 Å². The summed E-state index contributed by atoms with van der Waals surface area (Å²) in [7, 11) is -1.12. The van der Waals surface area contributed by atoms with Gasteiger partial charge in [-0.15, -0.1) is 0 Å². The van der Waals surface area contributed by atoms with Crippen molar-refractivity contribution < 1.29 is 27.8 Å². The van der Waals surface area contributed by atoms with E-state index in [-0.39, 0.29) is 29.3 Å². The average molecular weight is 318 g/mol. The minimum absolute atomic E-state index is 0.0455. The number of methoxy groups -OCH3 is 2. The third-order valence-electron chi connectivity index (χ3n) is 2.71. The molecule has 1 aromatic carbocycles. The Morgan fingerprint density at radius 1 is 1.43 bits per heavy atom. The van der Waals surface area contributed by atoms with Gasteiger partial charge in [0.15, 0.2) is 0 Å². The second kappa shape index (κ2) is 7.36. The highest BCUT2D eigenvalue weighted by atomic mass is 32.2. The fraction of sp³-hybridized carbons (Fsp3) is 0.417. The molecule has 0 bridgehead atoms. The zero-order chi connectivity index (χ0) is 16.0. The van der Waals surface area contributed by atoms with E-state index in [1.807, 2.05) is 0 Å². The first-order valence-electron chi connectivity index (χ1n) is 5.96. The Bertz CT molecular complexity index is 602. The molecular weight excluding hydrogens is 300 g/mol. The van der Waals surface area contributed by atoms with Crippen molar-refractivity contribution >= 4 is 21.7 Å². The van der Waals surface area contributed by atoms with E-state index in [2.05, 4.69) is 4.72 Å². The second-order valence-electron chi connectivity index (χ2n) is 4.23. The normalized spacial score (nSPS) is 13.0. The number of benzene rings is 1. The number of nitrogens with two attached hydrogens (primary N) is 1. The molecule has 0 amide bonds. The van der Waals surface area contributed by atoms with Crippen LogP contribution in [-0.4, -0.2) is 53.0 Å². The van der Waals surface area contributed by atoms with Crippen LogP contribution in [0.2, 0.25) is 0 Å². The molecule has 0 radical (unpaired) electrons. The largest absolute Gasteiger partial charge is 0.478 e. The highest BCUT2D eigenvalue weighted by molar-refractivity contribution is 7.89. The summed E-state index contributed by atoms with van der Waals surface area (Å²) < 4.78 is 36.6. The van der Waals surface area contributed by atoms with Crippen LogP contribution < -0.4 is 10.5 Å². The van der Waals surface area contributed by atoms with Crippen LogP contribution in [0.4, 0.5) is 5.69 Å². The molecule has 21 heavy (non-hydrogen) atoms. The van der Waals surface area contributed by atoms with Gasteiger partial charge in [0, 0.05) is 26.5 Å². The fourth-order valence-corrected chi connectivity index (χ4v) is 2.87. The van der Waals surface area contributed by atoms with Crippen molar-refractivity contribution in [2.24, 2.45) is 0 Å². The quantitative estimate of drug-likeness (QED) is 0.571. The first-order chi connectivity index (χ1) is 9.81. The summed E-state index contributed by atoms with van der Waals surface area (Å²) in [5.41, 5.74) is 5.26. The number of carboxylic acids is 1. The predicted octanol–water partition coefficient (Wildman–Crippen LogP) is -0.0933. The van der Waals surface area contributed by atoms with Crippen molar-refractivity contribution in [1.82, 2.24) is 4.72 Å². The van der Waals surface area contributed by atoms with Gasteiger partial charge in [-0.3, -0.25) is 0 Å². The standard InChI is InChI=1S/C12H18N2O6S/c1-19-7-9(20-2)6-14-21(17,18)11-4-3-8(13)5-10(11)12(15)16/h3-5,9,14H,6-7,13H2,1-2H3,(H,15,16). The van der Waals surface area contributed by atoms with Gasteiger partial charge >= 0.3 is 5.97 Å². The number of carbonyl (C=O) groups is 1. The smallest absolute Gasteiger partial charge is 0.337 e. The van der Waals surface area contributed by atoms with Crippen LogP contribution in [0.15, 0.2) is 23.1 Å². The van der Waals surface area contributed by atoms with E-state index >= 15 is 0 Å². The Balaban J connectivity index is 3.00. The molecule has 0 aromatic heterocycles. The molecule has 4 N–H and O–H groups in total. The van der Waals surface area contributed by atoms with Crippen LogP contribution in [-0.2, 0) is 19.5 Å². The minimum atomic E-state index is -4.00. The molecule has 0 saturated heterocycles. The zero-order valence-corrected chi connectivity index (χ0v) is 12.5. The number of rotatable bonds is 8. The topological polar surface area (TPSA) is 128 Å². The lowest BCUT2D eigenvalue weighted by Gasteiger charge is -2.16. The molecule has 9 heteroatoms. The first-order valence-corrected chi connectivity index (χ1v) is 7.44. The van der Waals surface area contributed by atoms with Crippen LogP contribution in [0.25, 0.3) is 0 Å². The molecule has 1 aromatic rings. The third kappa shape index (κ3) is 4.67. The summed E-state index contributed by atoms with van der Waals surface area (Å²) in [6, 6.07) is 3.57. The van der Waals surface area contributed by atoms with E-state index in [1.165, 1.54) is 20.3 Å². The molecule has 0 aliphatic rings. The van der Waals surface area contributed by atoms with Gasteiger partial charge in [0.25, 0.3) is 0 Å². The number of ether oxygens (including phenoxy) is 2. The van der Waals surface area contributed by atoms with E-state index in [1.54, 1.807) is 0 Å². The number of carboxylic acid groups (broad SMARTS) is 1. The molecule has 0 aliphatic carbocycles. The Morgan fingerprint density at radius 3 is 2.62 bits per heavy atom. The number of hydrogen-bond acceptors (Lipinski definition) is 6. The van der Waals surface area contributed by atoms with Crippen LogP contribution in [0.3, 0.4) is 0 Å². The molecule has 118 valence electrons. The monoisotopic (exact) mass is 318 g/mol. The highest BCUT2D eigenvalue weighted by Gasteiger charge is 2.23. The van der Waals surface area contributed by atoms with Gasteiger partial charge in [0.1, 0.15) is 0 Å². The molecule has 1 rings (SSSR count).